The van der Waals surface area contributed by atoms with Gasteiger partial charge in [-0.25, -0.2) is 18.1 Å². The molecule has 8 heteroatoms. The Hall–Kier alpha value is -2.64. The van der Waals surface area contributed by atoms with Crippen molar-refractivity contribution in [2.45, 2.75) is 11.4 Å². The molecule has 0 saturated heterocycles. The Morgan fingerprint density at radius 2 is 1.92 bits per heavy atom. The normalized spacial score (nSPS) is 15.0. The molecule has 1 aliphatic rings. The number of rotatable bonds is 3. The average molecular weight is 374 g/mol. The number of aromatic nitrogens is 1. The van der Waals surface area contributed by atoms with Crippen LogP contribution in [0.4, 0.5) is 5.82 Å². The summed E-state index contributed by atoms with van der Waals surface area (Å²) in [4.78, 5) is 15.9. The molecule has 6 nitrogen and oxygen atoms in total. The molecule has 0 aliphatic carbocycles. The van der Waals surface area contributed by atoms with Crippen LogP contribution in [0.1, 0.15) is 15.9 Å². The largest absolute Gasteiger partial charge is 0.365 e. The molecule has 1 amide bonds. The van der Waals surface area contributed by atoms with Crippen molar-refractivity contribution < 1.29 is 13.2 Å². The number of hydrogen-bond donors (Lipinski definition) is 2. The van der Waals surface area contributed by atoms with Gasteiger partial charge in [0.25, 0.3) is 15.9 Å². The van der Waals surface area contributed by atoms with Gasteiger partial charge in [-0.2, -0.15) is 0 Å². The average Bonchev–Trinajstić information content (AvgIpc) is 2.81. The van der Waals surface area contributed by atoms with Crippen LogP contribution >= 0.6 is 11.6 Å². The van der Waals surface area contributed by atoms with Gasteiger partial charge < -0.3 is 5.32 Å². The van der Waals surface area contributed by atoms with Crippen LogP contribution in [0.2, 0.25) is 5.15 Å². The Labute approximate surface area is 148 Å². The van der Waals surface area contributed by atoms with E-state index in [1.165, 1.54) is 12.1 Å². The molecule has 126 valence electrons. The van der Waals surface area contributed by atoms with Crippen molar-refractivity contribution in [3.63, 3.8) is 0 Å². The molecule has 0 radical (unpaired) electrons. The van der Waals surface area contributed by atoms with Crippen molar-refractivity contribution in [3.05, 3.63) is 64.8 Å². The lowest BCUT2D eigenvalue weighted by Crippen LogP contribution is -2.20. The van der Waals surface area contributed by atoms with Gasteiger partial charge in [0.15, 0.2) is 0 Å². The molecular weight excluding hydrogens is 362 g/mol. The van der Waals surface area contributed by atoms with Gasteiger partial charge in [0.2, 0.25) is 0 Å². The van der Waals surface area contributed by atoms with Crippen molar-refractivity contribution in [2.75, 3.05) is 5.32 Å². The molecule has 0 saturated carbocycles. The van der Waals surface area contributed by atoms with Gasteiger partial charge in [0.05, 0.1) is 5.56 Å². The maximum atomic E-state index is 11.9. The van der Waals surface area contributed by atoms with E-state index in [1.54, 1.807) is 12.1 Å². The highest BCUT2D eigenvalue weighted by atomic mass is 35.5. The van der Waals surface area contributed by atoms with Crippen LogP contribution in [-0.2, 0) is 16.6 Å². The van der Waals surface area contributed by atoms with Crippen LogP contribution in [0.3, 0.4) is 0 Å². The molecule has 1 aromatic heterocycles. The minimum atomic E-state index is -3.77. The van der Waals surface area contributed by atoms with Crippen molar-refractivity contribution in [1.82, 2.24) is 9.71 Å². The summed E-state index contributed by atoms with van der Waals surface area (Å²) in [5.41, 5.74) is 0.875. The zero-order valence-electron chi connectivity index (χ0n) is 12.8. The number of nitrogens with zero attached hydrogens (tertiary/aromatic N) is 1. The lowest BCUT2D eigenvalue weighted by molar-refractivity contribution is 0.0985. The number of nitrogens with one attached hydrogen (secondary N) is 2. The maximum Gasteiger partial charge on any atom is 0.266 e. The highest BCUT2D eigenvalue weighted by Gasteiger charge is 2.32. The van der Waals surface area contributed by atoms with Crippen LogP contribution in [0.15, 0.2) is 53.4 Å². The van der Waals surface area contributed by atoms with Gasteiger partial charge in [-0.05, 0) is 29.1 Å². The van der Waals surface area contributed by atoms with Crippen molar-refractivity contribution in [1.29, 1.82) is 0 Å². The van der Waals surface area contributed by atoms with E-state index in [1.807, 2.05) is 29.0 Å². The lowest BCUT2D eigenvalue weighted by Gasteiger charge is -2.10. The number of anilines is 1. The Morgan fingerprint density at radius 3 is 2.76 bits per heavy atom. The highest BCUT2D eigenvalue weighted by molar-refractivity contribution is 7.90. The molecule has 25 heavy (non-hydrogen) atoms. The van der Waals surface area contributed by atoms with Crippen LogP contribution in [0.5, 0.6) is 0 Å². The summed E-state index contributed by atoms with van der Waals surface area (Å²) in [5, 5.41) is 5.42. The number of amides is 1. The van der Waals surface area contributed by atoms with Gasteiger partial charge in [0, 0.05) is 11.9 Å². The number of halogens is 1. The first-order valence-electron chi connectivity index (χ1n) is 7.43. The van der Waals surface area contributed by atoms with E-state index in [-0.39, 0.29) is 10.5 Å². The summed E-state index contributed by atoms with van der Waals surface area (Å²) in [7, 11) is -3.77. The molecule has 3 aromatic rings. The van der Waals surface area contributed by atoms with Crippen LogP contribution in [0.25, 0.3) is 10.8 Å². The quantitative estimate of drug-likeness (QED) is 0.689. The Kier molecular flexibility index (Phi) is 3.63. The lowest BCUT2D eigenvalue weighted by atomic mass is 10.1. The third kappa shape index (κ3) is 2.81. The summed E-state index contributed by atoms with van der Waals surface area (Å²) in [6.07, 6.45) is 0. The fraction of sp³-hybridized carbons (Fsp3) is 0.0588. The van der Waals surface area contributed by atoms with Gasteiger partial charge in [-0.15, -0.1) is 0 Å². The van der Waals surface area contributed by atoms with Gasteiger partial charge in [0.1, 0.15) is 15.9 Å². The van der Waals surface area contributed by atoms with Crippen molar-refractivity contribution >= 4 is 44.1 Å². The van der Waals surface area contributed by atoms with E-state index in [2.05, 4.69) is 10.3 Å². The second kappa shape index (κ2) is 5.72. The Balaban J connectivity index is 1.66. The minimum absolute atomic E-state index is 0.000659. The first-order chi connectivity index (χ1) is 11.9. The Bertz CT molecular complexity index is 1130. The van der Waals surface area contributed by atoms with E-state index < -0.39 is 15.9 Å². The molecule has 2 heterocycles. The van der Waals surface area contributed by atoms with Gasteiger partial charge in [-0.3, -0.25) is 4.79 Å². The van der Waals surface area contributed by atoms with E-state index in [9.17, 15) is 13.2 Å². The second-order valence-electron chi connectivity index (χ2n) is 5.63. The number of carbonyl (C=O) groups is 1. The smallest absolute Gasteiger partial charge is 0.266 e. The number of hydrogen-bond acceptors (Lipinski definition) is 5. The summed E-state index contributed by atoms with van der Waals surface area (Å²) in [5.74, 6) is 0.0117. The summed E-state index contributed by atoms with van der Waals surface area (Å²) in [6.45, 7) is 0.342. The number of sulfonamides is 1. The molecule has 0 atom stereocenters. The maximum absolute atomic E-state index is 11.9. The molecule has 4 rings (SSSR count). The monoisotopic (exact) mass is 373 g/mol. The van der Waals surface area contributed by atoms with Gasteiger partial charge >= 0.3 is 0 Å². The summed E-state index contributed by atoms with van der Waals surface area (Å²) < 4.78 is 25.8. The fourth-order valence-corrected chi connectivity index (χ4v) is 4.23. The van der Waals surface area contributed by atoms with Crippen LogP contribution in [0, 0.1) is 0 Å². The molecule has 2 N–H and O–H groups in total. The fourth-order valence-electron chi connectivity index (χ4n) is 2.81. The number of carbonyl (C=O) groups excluding carboxylic acids is 1. The van der Waals surface area contributed by atoms with E-state index in [0.29, 0.717) is 23.1 Å². The zero-order valence-corrected chi connectivity index (χ0v) is 14.4. The molecule has 1 aliphatic heterocycles. The minimum Gasteiger partial charge on any atom is -0.365 e. The second-order valence-corrected chi connectivity index (χ2v) is 7.67. The SMILES string of the molecule is O=C1NS(=O)(=O)c2cc(CNc3nc(Cl)cc4ccccc34)ccc21. The number of pyridine rings is 1. The third-order valence-electron chi connectivity index (χ3n) is 3.98. The summed E-state index contributed by atoms with van der Waals surface area (Å²) in [6, 6.07) is 14.2. The topological polar surface area (TPSA) is 88.2 Å². The standard InChI is InChI=1S/C17H12ClN3O3S/c18-15-8-11-3-1-2-4-12(11)16(20-15)19-9-10-5-6-13-14(7-10)25(23,24)21-17(13)22/h1-8H,9H2,(H,19,20)(H,21,22). The van der Waals surface area contributed by atoms with Crippen molar-refractivity contribution in [2.24, 2.45) is 0 Å². The van der Waals surface area contributed by atoms with Crippen molar-refractivity contribution in [3.8, 4) is 0 Å². The first-order valence-corrected chi connectivity index (χ1v) is 9.29. The zero-order chi connectivity index (χ0) is 17.6. The predicted octanol–water partition coefficient (Wildman–Crippen LogP) is 2.93. The van der Waals surface area contributed by atoms with Crippen LogP contribution in [-0.4, -0.2) is 19.3 Å². The summed E-state index contributed by atoms with van der Waals surface area (Å²) >= 11 is 6.06. The van der Waals surface area contributed by atoms with Gasteiger partial charge in [-0.1, -0.05) is 41.9 Å². The van der Waals surface area contributed by atoms with E-state index in [4.69, 9.17) is 11.6 Å². The molecule has 0 spiro atoms. The molecule has 2 aromatic carbocycles. The molecule has 0 unspecified atom stereocenters. The molecular formula is C17H12ClN3O3S. The van der Waals surface area contributed by atoms with E-state index >= 15 is 0 Å². The van der Waals surface area contributed by atoms with Crippen LogP contribution < -0.4 is 10.0 Å². The molecule has 0 fully saturated rings. The highest BCUT2D eigenvalue weighted by Crippen LogP contribution is 2.26. The molecule has 0 bridgehead atoms. The Morgan fingerprint density at radius 1 is 1.12 bits per heavy atom. The number of fused-ring (bicyclic) bond motifs is 2. The first kappa shape index (κ1) is 15.9. The third-order valence-corrected chi connectivity index (χ3v) is 5.54. The number of benzene rings is 2. The predicted molar refractivity (Wildman–Crippen MR) is 95.2 cm³/mol. The van der Waals surface area contributed by atoms with E-state index in [0.717, 1.165) is 10.8 Å².